The van der Waals surface area contributed by atoms with E-state index in [1.54, 1.807) is 10.9 Å². The number of carbonyl (C=O) groups is 1. The molecule has 1 aromatic carbocycles. The second-order valence-electron chi connectivity index (χ2n) is 4.00. The number of hydrogen-bond acceptors (Lipinski definition) is 4. The van der Waals surface area contributed by atoms with Gasteiger partial charge in [0.25, 0.3) is 0 Å². The Balaban J connectivity index is 1.83. The minimum absolute atomic E-state index is 0.356. The molecule has 0 fully saturated rings. The Kier molecular flexibility index (Phi) is 2.36. The summed E-state index contributed by atoms with van der Waals surface area (Å²) in [5.74, 6) is 0.973. The third-order valence-electron chi connectivity index (χ3n) is 2.78. The highest BCUT2D eigenvalue weighted by Gasteiger charge is 2.12. The van der Waals surface area contributed by atoms with Gasteiger partial charge in [-0.2, -0.15) is 0 Å². The first-order valence-corrected chi connectivity index (χ1v) is 5.45. The first-order chi connectivity index (χ1) is 8.35. The highest BCUT2D eigenvalue weighted by atomic mass is 16.5. The fourth-order valence-electron chi connectivity index (χ4n) is 1.97. The lowest BCUT2D eigenvalue weighted by atomic mass is 10.1. The fraction of sp³-hybridized carbons (Fsp3) is 0.250. The maximum atomic E-state index is 10.5. The van der Waals surface area contributed by atoms with Gasteiger partial charge in [0.05, 0.1) is 19.3 Å². The molecule has 0 bridgehead atoms. The van der Waals surface area contributed by atoms with Gasteiger partial charge in [0, 0.05) is 6.42 Å². The minimum Gasteiger partial charge on any atom is -0.493 e. The normalized spacial score (nSPS) is 13.2. The molecule has 1 aromatic heterocycles. The van der Waals surface area contributed by atoms with Crippen LogP contribution < -0.4 is 4.74 Å². The molecule has 0 N–H and O–H groups in total. The summed E-state index contributed by atoms with van der Waals surface area (Å²) in [4.78, 5) is 10.5. The molecule has 0 radical (unpaired) electrons. The van der Waals surface area contributed by atoms with Crippen molar-refractivity contribution in [2.75, 3.05) is 6.61 Å². The van der Waals surface area contributed by atoms with Gasteiger partial charge in [-0.15, -0.1) is 5.10 Å². The summed E-state index contributed by atoms with van der Waals surface area (Å²) in [5, 5.41) is 7.60. The molecule has 2 heterocycles. The van der Waals surface area contributed by atoms with Crippen LogP contribution in [-0.4, -0.2) is 27.9 Å². The molecule has 0 atom stereocenters. The summed E-state index contributed by atoms with van der Waals surface area (Å²) in [6.45, 7) is 1.38. The highest BCUT2D eigenvalue weighted by Crippen LogP contribution is 2.25. The van der Waals surface area contributed by atoms with Crippen molar-refractivity contribution in [3.63, 3.8) is 0 Å². The van der Waals surface area contributed by atoms with Crippen molar-refractivity contribution in [1.29, 1.82) is 0 Å². The Morgan fingerprint density at radius 3 is 3.24 bits per heavy atom. The van der Waals surface area contributed by atoms with E-state index in [1.807, 2.05) is 12.1 Å². The molecular formula is C12H11N3O2. The van der Waals surface area contributed by atoms with Crippen LogP contribution in [0.25, 0.3) is 0 Å². The summed E-state index contributed by atoms with van der Waals surface area (Å²) >= 11 is 0. The van der Waals surface area contributed by atoms with E-state index in [4.69, 9.17) is 4.74 Å². The molecule has 1 aliphatic heterocycles. The van der Waals surface area contributed by atoms with Crippen LogP contribution in [0.5, 0.6) is 5.75 Å². The molecule has 5 nitrogen and oxygen atoms in total. The Morgan fingerprint density at radius 1 is 1.47 bits per heavy atom. The lowest BCUT2D eigenvalue weighted by Gasteiger charge is -2.03. The van der Waals surface area contributed by atoms with E-state index in [9.17, 15) is 4.79 Å². The smallest absolute Gasteiger partial charge is 0.171 e. The van der Waals surface area contributed by atoms with Crippen LogP contribution in [0.2, 0.25) is 0 Å². The van der Waals surface area contributed by atoms with E-state index in [1.165, 1.54) is 5.56 Å². The van der Waals surface area contributed by atoms with Gasteiger partial charge in [-0.3, -0.25) is 4.79 Å². The molecule has 0 aliphatic carbocycles. The quantitative estimate of drug-likeness (QED) is 0.739. The Bertz CT molecular complexity index is 563. The van der Waals surface area contributed by atoms with Gasteiger partial charge >= 0.3 is 0 Å². The van der Waals surface area contributed by atoms with Crippen LogP contribution >= 0.6 is 0 Å². The molecule has 0 amide bonds. The Morgan fingerprint density at radius 2 is 2.41 bits per heavy atom. The largest absolute Gasteiger partial charge is 0.493 e. The molecular weight excluding hydrogens is 218 g/mol. The van der Waals surface area contributed by atoms with Gasteiger partial charge in [0.2, 0.25) is 0 Å². The van der Waals surface area contributed by atoms with Gasteiger partial charge < -0.3 is 4.74 Å². The number of carbonyl (C=O) groups excluding carboxylic acids is 1. The van der Waals surface area contributed by atoms with Crippen molar-refractivity contribution < 1.29 is 9.53 Å². The summed E-state index contributed by atoms with van der Waals surface area (Å²) in [6, 6.07) is 6.10. The molecule has 2 aromatic rings. The SMILES string of the molecule is O=Cc1cn(Cc2ccc3c(c2)CCO3)nn1. The lowest BCUT2D eigenvalue weighted by Crippen LogP contribution is -2.00. The molecule has 3 rings (SSSR count). The van der Waals surface area contributed by atoms with Crippen LogP contribution in [0.3, 0.4) is 0 Å². The van der Waals surface area contributed by atoms with E-state index in [2.05, 4.69) is 16.4 Å². The number of nitrogens with zero attached hydrogens (tertiary/aromatic N) is 3. The average molecular weight is 229 g/mol. The molecule has 86 valence electrons. The second-order valence-corrected chi connectivity index (χ2v) is 4.00. The number of benzene rings is 1. The molecule has 0 saturated heterocycles. The zero-order chi connectivity index (χ0) is 11.7. The van der Waals surface area contributed by atoms with Gasteiger partial charge in [-0.25, -0.2) is 4.68 Å². The first kappa shape index (κ1) is 10.0. The Labute approximate surface area is 98.0 Å². The topological polar surface area (TPSA) is 57.0 Å². The fourth-order valence-corrected chi connectivity index (χ4v) is 1.97. The number of hydrogen-bond donors (Lipinski definition) is 0. The standard InChI is InChI=1S/C12H11N3O2/c16-8-11-7-15(14-13-11)6-9-1-2-12-10(5-9)3-4-17-12/h1-2,5,7-8H,3-4,6H2. The predicted octanol–water partition coefficient (Wildman–Crippen LogP) is 1.07. The maximum absolute atomic E-state index is 10.5. The Hall–Kier alpha value is -2.17. The average Bonchev–Trinajstić information content (AvgIpc) is 2.96. The van der Waals surface area contributed by atoms with E-state index in [0.29, 0.717) is 18.5 Å². The van der Waals surface area contributed by atoms with Crippen molar-refractivity contribution >= 4 is 6.29 Å². The van der Waals surface area contributed by atoms with Crippen molar-refractivity contribution in [2.45, 2.75) is 13.0 Å². The summed E-state index contributed by atoms with van der Waals surface area (Å²) < 4.78 is 7.10. The number of aldehydes is 1. The van der Waals surface area contributed by atoms with Crippen LogP contribution in [-0.2, 0) is 13.0 Å². The highest BCUT2D eigenvalue weighted by molar-refractivity contribution is 5.70. The number of rotatable bonds is 3. The monoisotopic (exact) mass is 229 g/mol. The summed E-state index contributed by atoms with van der Waals surface area (Å²) in [7, 11) is 0. The van der Waals surface area contributed by atoms with Crippen molar-refractivity contribution in [3.05, 3.63) is 41.2 Å². The summed E-state index contributed by atoms with van der Waals surface area (Å²) in [5.41, 5.74) is 2.73. The van der Waals surface area contributed by atoms with Crippen LogP contribution in [0.15, 0.2) is 24.4 Å². The third-order valence-corrected chi connectivity index (χ3v) is 2.78. The molecule has 17 heavy (non-hydrogen) atoms. The van der Waals surface area contributed by atoms with Gasteiger partial charge in [-0.1, -0.05) is 17.3 Å². The van der Waals surface area contributed by atoms with Crippen LogP contribution in [0.1, 0.15) is 21.6 Å². The van der Waals surface area contributed by atoms with E-state index in [-0.39, 0.29) is 0 Å². The predicted molar refractivity (Wildman–Crippen MR) is 60.2 cm³/mol. The number of aromatic nitrogens is 3. The van der Waals surface area contributed by atoms with E-state index >= 15 is 0 Å². The third kappa shape index (κ3) is 1.91. The molecule has 1 aliphatic rings. The number of fused-ring (bicyclic) bond motifs is 1. The lowest BCUT2D eigenvalue weighted by molar-refractivity contribution is 0.111. The zero-order valence-corrected chi connectivity index (χ0v) is 9.17. The molecule has 0 unspecified atom stereocenters. The van der Waals surface area contributed by atoms with Crippen molar-refractivity contribution in [2.24, 2.45) is 0 Å². The van der Waals surface area contributed by atoms with Gasteiger partial charge in [-0.05, 0) is 17.2 Å². The van der Waals surface area contributed by atoms with E-state index < -0.39 is 0 Å². The summed E-state index contributed by atoms with van der Waals surface area (Å²) in [6.07, 6.45) is 3.29. The van der Waals surface area contributed by atoms with Gasteiger partial charge in [0.1, 0.15) is 11.4 Å². The zero-order valence-electron chi connectivity index (χ0n) is 9.17. The molecule has 5 heteroatoms. The molecule has 0 saturated carbocycles. The van der Waals surface area contributed by atoms with Crippen molar-refractivity contribution in [1.82, 2.24) is 15.0 Å². The van der Waals surface area contributed by atoms with Crippen molar-refractivity contribution in [3.8, 4) is 5.75 Å². The first-order valence-electron chi connectivity index (χ1n) is 5.45. The van der Waals surface area contributed by atoms with Crippen LogP contribution in [0, 0.1) is 0 Å². The van der Waals surface area contributed by atoms with E-state index in [0.717, 1.165) is 24.3 Å². The van der Waals surface area contributed by atoms with Crippen LogP contribution in [0.4, 0.5) is 0 Å². The molecule has 0 spiro atoms. The second kappa shape index (κ2) is 4.01. The number of ether oxygens (including phenoxy) is 1. The maximum Gasteiger partial charge on any atom is 0.171 e. The minimum atomic E-state index is 0.356. The van der Waals surface area contributed by atoms with Gasteiger partial charge in [0.15, 0.2) is 6.29 Å².